The summed E-state index contributed by atoms with van der Waals surface area (Å²) in [6.07, 6.45) is 3.95. The average molecular weight is 336 g/mol. The summed E-state index contributed by atoms with van der Waals surface area (Å²) >= 11 is 0. The van der Waals surface area contributed by atoms with Gasteiger partial charge in [0.2, 0.25) is 0 Å². The molecule has 4 heteroatoms. The predicted octanol–water partition coefficient (Wildman–Crippen LogP) is 4.18. The predicted molar refractivity (Wildman–Crippen MR) is 94.5 cm³/mol. The zero-order valence-corrected chi connectivity index (χ0v) is 14.1. The second-order valence-electron chi connectivity index (χ2n) is 6.58. The molecule has 0 bridgehead atoms. The zero-order chi connectivity index (χ0) is 17.6. The lowest BCUT2D eigenvalue weighted by Crippen LogP contribution is -2.40. The van der Waals surface area contributed by atoms with Crippen LogP contribution in [0.5, 0.6) is 0 Å². The number of nitrogens with zero attached hydrogens (tertiary/aromatic N) is 2. The normalized spacial score (nSPS) is 17.1. The Morgan fingerprint density at radius 3 is 2.72 bits per heavy atom. The first-order valence-corrected chi connectivity index (χ1v) is 8.70. The number of hydrogen-bond donors (Lipinski definition) is 0. The highest BCUT2D eigenvalue weighted by atomic mass is 19.1. The van der Waals surface area contributed by atoms with Crippen molar-refractivity contribution in [1.82, 2.24) is 4.90 Å². The zero-order valence-electron chi connectivity index (χ0n) is 14.1. The molecule has 0 N–H and O–H groups in total. The van der Waals surface area contributed by atoms with Crippen LogP contribution < -0.4 is 0 Å². The van der Waals surface area contributed by atoms with Crippen LogP contribution in [0, 0.1) is 23.1 Å². The fraction of sp³-hybridized carbons (Fsp3) is 0.333. The molecule has 1 aliphatic heterocycles. The molecule has 1 amide bonds. The van der Waals surface area contributed by atoms with Crippen molar-refractivity contribution in [3.8, 4) is 6.07 Å². The smallest absolute Gasteiger partial charge is 0.255 e. The Bertz CT molecular complexity index is 779. The third-order valence-electron chi connectivity index (χ3n) is 4.84. The third kappa shape index (κ3) is 4.24. The molecule has 0 saturated carbocycles. The molecule has 0 spiro atoms. The lowest BCUT2D eigenvalue weighted by atomic mass is 9.91. The van der Waals surface area contributed by atoms with E-state index in [9.17, 15) is 14.4 Å². The monoisotopic (exact) mass is 336 g/mol. The molecule has 3 rings (SSSR count). The van der Waals surface area contributed by atoms with Gasteiger partial charge in [-0.05, 0) is 61.4 Å². The largest absolute Gasteiger partial charge is 0.338 e. The van der Waals surface area contributed by atoms with Crippen molar-refractivity contribution in [1.29, 1.82) is 5.26 Å². The third-order valence-corrected chi connectivity index (χ3v) is 4.84. The molecule has 25 heavy (non-hydrogen) atoms. The summed E-state index contributed by atoms with van der Waals surface area (Å²) in [6.45, 7) is 1.46. The number of benzene rings is 2. The van der Waals surface area contributed by atoms with Crippen LogP contribution in [0.2, 0.25) is 0 Å². The van der Waals surface area contributed by atoms with Crippen LogP contribution in [0.15, 0.2) is 48.5 Å². The van der Waals surface area contributed by atoms with Crippen LogP contribution in [0.1, 0.15) is 40.7 Å². The van der Waals surface area contributed by atoms with Gasteiger partial charge in [0.05, 0.1) is 17.2 Å². The summed E-state index contributed by atoms with van der Waals surface area (Å²) < 4.78 is 13.0. The number of aryl methyl sites for hydroxylation is 1. The van der Waals surface area contributed by atoms with E-state index >= 15 is 0 Å². The lowest BCUT2D eigenvalue weighted by molar-refractivity contribution is 0.0668. The van der Waals surface area contributed by atoms with Gasteiger partial charge in [0, 0.05) is 13.1 Å². The number of nitriles is 1. The van der Waals surface area contributed by atoms with Gasteiger partial charge < -0.3 is 4.90 Å². The summed E-state index contributed by atoms with van der Waals surface area (Å²) in [6, 6.07) is 15.7. The molecule has 0 radical (unpaired) electrons. The highest BCUT2D eigenvalue weighted by Crippen LogP contribution is 2.23. The summed E-state index contributed by atoms with van der Waals surface area (Å²) in [5.41, 5.74) is 2.05. The molecule has 0 aromatic heterocycles. The van der Waals surface area contributed by atoms with Crippen LogP contribution in [0.3, 0.4) is 0 Å². The first-order valence-electron chi connectivity index (χ1n) is 8.70. The van der Waals surface area contributed by atoms with E-state index in [0.717, 1.165) is 44.3 Å². The maximum absolute atomic E-state index is 13.0. The van der Waals surface area contributed by atoms with E-state index in [0.29, 0.717) is 17.0 Å². The number of likely N-dealkylation sites (tertiary alicyclic amines) is 1. The van der Waals surface area contributed by atoms with E-state index in [-0.39, 0.29) is 11.7 Å². The molecule has 2 aromatic rings. The Morgan fingerprint density at radius 1 is 1.20 bits per heavy atom. The number of piperidine rings is 1. The molecule has 1 aliphatic rings. The van der Waals surface area contributed by atoms with Gasteiger partial charge >= 0.3 is 0 Å². The molecule has 1 atom stereocenters. The van der Waals surface area contributed by atoms with E-state index < -0.39 is 0 Å². The Labute approximate surface area is 147 Å². The molecule has 2 aromatic carbocycles. The van der Waals surface area contributed by atoms with E-state index in [1.165, 1.54) is 12.1 Å². The minimum absolute atomic E-state index is 0.0522. The molecule has 1 heterocycles. The van der Waals surface area contributed by atoms with E-state index in [4.69, 9.17) is 0 Å². The lowest BCUT2D eigenvalue weighted by Gasteiger charge is -2.33. The molecule has 0 aliphatic carbocycles. The van der Waals surface area contributed by atoms with E-state index in [2.05, 4.69) is 6.07 Å². The Kier molecular flexibility index (Phi) is 5.45. The van der Waals surface area contributed by atoms with Crippen molar-refractivity contribution in [2.24, 2.45) is 5.92 Å². The summed E-state index contributed by atoms with van der Waals surface area (Å²) in [7, 11) is 0. The molecule has 1 fully saturated rings. The van der Waals surface area contributed by atoms with Crippen LogP contribution in [0.4, 0.5) is 4.39 Å². The van der Waals surface area contributed by atoms with Gasteiger partial charge in [-0.2, -0.15) is 5.26 Å². The standard InChI is InChI=1S/C21H21FN2O/c22-19-11-9-16(10-12-19)7-8-17-4-3-13-24(15-17)21(25)20-6-2-1-5-18(20)14-23/h1-2,5-6,9-12,17H,3-4,7-8,13,15H2/t17-/m0/s1. The molecule has 128 valence electrons. The van der Waals surface area contributed by atoms with Crippen LogP contribution in [-0.4, -0.2) is 23.9 Å². The van der Waals surface area contributed by atoms with Gasteiger partial charge in [-0.1, -0.05) is 24.3 Å². The Balaban J connectivity index is 1.62. The van der Waals surface area contributed by atoms with Gasteiger partial charge in [-0.3, -0.25) is 4.79 Å². The van der Waals surface area contributed by atoms with Crippen molar-refractivity contribution in [2.45, 2.75) is 25.7 Å². The number of carbonyl (C=O) groups is 1. The van der Waals surface area contributed by atoms with Crippen molar-refractivity contribution < 1.29 is 9.18 Å². The van der Waals surface area contributed by atoms with Crippen molar-refractivity contribution >= 4 is 5.91 Å². The second-order valence-corrected chi connectivity index (χ2v) is 6.58. The number of carbonyl (C=O) groups excluding carboxylic acids is 1. The summed E-state index contributed by atoms with van der Waals surface area (Å²) in [4.78, 5) is 14.6. The van der Waals surface area contributed by atoms with Crippen LogP contribution >= 0.6 is 0 Å². The van der Waals surface area contributed by atoms with Gasteiger partial charge in [-0.25, -0.2) is 4.39 Å². The minimum atomic E-state index is -0.214. The first kappa shape index (κ1) is 17.2. The fourth-order valence-corrected chi connectivity index (χ4v) is 3.44. The maximum Gasteiger partial charge on any atom is 0.255 e. The van der Waals surface area contributed by atoms with Crippen molar-refractivity contribution in [2.75, 3.05) is 13.1 Å². The first-order chi connectivity index (χ1) is 12.2. The highest BCUT2D eigenvalue weighted by molar-refractivity contribution is 5.96. The number of hydrogen-bond acceptors (Lipinski definition) is 2. The molecule has 1 saturated heterocycles. The molecule has 0 unspecified atom stereocenters. The highest BCUT2D eigenvalue weighted by Gasteiger charge is 2.25. The van der Waals surface area contributed by atoms with Gasteiger partial charge in [0.1, 0.15) is 5.82 Å². The average Bonchev–Trinajstić information content (AvgIpc) is 2.67. The SMILES string of the molecule is N#Cc1ccccc1C(=O)N1CCC[C@@H](CCc2ccc(F)cc2)C1. The molecular weight excluding hydrogens is 315 g/mol. The molecule has 3 nitrogen and oxygen atoms in total. The Hall–Kier alpha value is -2.67. The van der Waals surface area contributed by atoms with Crippen molar-refractivity contribution in [3.63, 3.8) is 0 Å². The van der Waals surface area contributed by atoms with Gasteiger partial charge in [0.25, 0.3) is 5.91 Å². The fourth-order valence-electron chi connectivity index (χ4n) is 3.44. The maximum atomic E-state index is 13.0. The van der Waals surface area contributed by atoms with E-state index in [1.54, 1.807) is 24.3 Å². The summed E-state index contributed by atoms with van der Waals surface area (Å²) in [5, 5.41) is 9.20. The number of halogens is 1. The van der Waals surface area contributed by atoms with E-state index in [1.807, 2.05) is 17.0 Å². The number of rotatable bonds is 4. The van der Waals surface area contributed by atoms with Crippen LogP contribution in [0.25, 0.3) is 0 Å². The number of amides is 1. The van der Waals surface area contributed by atoms with Gasteiger partial charge in [-0.15, -0.1) is 0 Å². The van der Waals surface area contributed by atoms with Gasteiger partial charge in [0.15, 0.2) is 0 Å². The quantitative estimate of drug-likeness (QED) is 0.840. The topological polar surface area (TPSA) is 44.1 Å². The Morgan fingerprint density at radius 2 is 1.96 bits per heavy atom. The van der Waals surface area contributed by atoms with Crippen molar-refractivity contribution in [3.05, 3.63) is 71.0 Å². The minimum Gasteiger partial charge on any atom is -0.338 e. The van der Waals surface area contributed by atoms with Crippen LogP contribution in [-0.2, 0) is 6.42 Å². The summed E-state index contributed by atoms with van der Waals surface area (Å²) in [5.74, 6) is 0.176. The molecular formula is C21H21FN2O. The second kappa shape index (κ2) is 7.94.